The second kappa shape index (κ2) is 7.34. The van der Waals surface area contributed by atoms with Gasteiger partial charge in [-0.25, -0.2) is 9.18 Å². The molecule has 1 amide bonds. The maximum Gasteiger partial charge on any atom is 0.410 e. The number of fused-ring (bicyclic) bond motifs is 1. The van der Waals surface area contributed by atoms with Crippen molar-refractivity contribution in [1.82, 2.24) is 9.88 Å². The SMILES string of the molecule is Cc1nc2ccc(C3(O)CCN(C(=O)OC(C)(C)C)CC3(C)C)c(F)c2cc1I. The van der Waals surface area contributed by atoms with Crippen LogP contribution in [-0.2, 0) is 10.3 Å². The summed E-state index contributed by atoms with van der Waals surface area (Å²) in [6, 6.07) is 5.15. The number of aliphatic hydroxyl groups is 1. The average molecular weight is 514 g/mol. The number of likely N-dealkylation sites (tertiary alicyclic amines) is 1. The molecule has 7 heteroatoms. The molecule has 1 aliphatic heterocycles. The van der Waals surface area contributed by atoms with Crippen LogP contribution in [0.15, 0.2) is 18.2 Å². The maximum absolute atomic E-state index is 15.5. The number of aryl methyl sites for hydroxylation is 1. The van der Waals surface area contributed by atoms with Crippen LogP contribution in [0.2, 0.25) is 0 Å². The Balaban J connectivity index is 1.98. The monoisotopic (exact) mass is 514 g/mol. The Kier molecular flexibility index (Phi) is 5.62. The lowest BCUT2D eigenvalue weighted by Gasteiger charge is -2.50. The van der Waals surface area contributed by atoms with Crippen molar-refractivity contribution in [2.45, 2.75) is 59.2 Å². The van der Waals surface area contributed by atoms with E-state index in [0.29, 0.717) is 10.9 Å². The van der Waals surface area contributed by atoms with Gasteiger partial charge >= 0.3 is 6.09 Å². The molecule has 5 nitrogen and oxygen atoms in total. The average Bonchev–Trinajstić information content (AvgIpc) is 2.58. The molecule has 1 saturated heterocycles. The van der Waals surface area contributed by atoms with Crippen molar-refractivity contribution in [3.8, 4) is 0 Å². The number of halogens is 2. The molecule has 0 spiro atoms. The third kappa shape index (κ3) is 4.08. The lowest BCUT2D eigenvalue weighted by molar-refractivity contribution is -0.125. The number of amides is 1. The third-order valence-corrected chi connectivity index (χ3v) is 6.70. The highest BCUT2D eigenvalue weighted by atomic mass is 127. The standard InChI is InChI=1S/C22H28FIN2O3/c1-13-16(24)11-14-17(25-13)8-7-15(18(14)23)22(28)9-10-26(12-21(22,5)6)19(27)29-20(2,3)4/h7-8,11,28H,9-10,12H2,1-6H3. The number of hydrogen-bond acceptors (Lipinski definition) is 4. The van der Waals surface area contributed by atoms with Crippen LogP contribution in [-0.4, -0.2) is 39.8 Å². The van der Waals surface area contributed by atoms with Crippen LogP contribution in [0.4, 0.5) is 9.18 Å². The quantitative estimate of drug-likeness (QED) is 0.536. The second-order valence-corrected chi connectivity index (χ2v) is 10.6. The number of aromatic nitrogens is 1. The highest BCUT2D eigenvalue weighted by Crippen LogP contribution is 2.47. The summed E-state index contributed by atoms with van der Waals surface area (Å²) in [4.78, 5) is 18.5. The molecule has 29 heavy (non-hydrogen) atoms. The third-order valence-electron chi connectivity index (χ3n) is 5.61. The molecule has 3 rings (SSSR count). The fraction of sp³-hybridized carbons (Fsp3) is 0.545. The number of hydrogen-bond donors (Lipinski definition) is 1. The van der Waals surface area contributed by atoms with Gasteiger partial charge in [0.2, 0.25) is 0 Å². The molecule has 1 N–H and O–H groups in total. The molecule has 1 aromatic carbocycles. The van der Waals surface area contributed by atoms with Gasteiger partial charge in [0.05, 0.1) is 11.2 Å². The topological polar surface area (TPSA) is 62.7 Å². The highest BCUT2D eigenvalue weighted by molar-refractivity contribution is 14.1. The largest absolute Gasteiger partial charge is 0.444 e. The van der Waals surface area contributed by atoms with Crippen LogP contribution in [0.5, 0.6) is 0 Å². The fourth-order valence-electron chi connectivity index (χ4n) is 3.91. The summed E-state index contributed by atoms with van der Waals surface area (Å²) in [5.74, 6) is -0.450. The van der Waals surface area contributed by atoms with E-state index in [-0.39, 0.29) is 25.1 Å². The van der Waals surface area contributed by atoms with Crippen molar-refractivity contribution >= 4 is 39.6 Å². The van der Waals surface area contributed by atoms with Crippen molar-refractivity contribution in [1.29, 1.82) is 0 Å². The zero-order valence-corrected chi connectivity index (χ0v) is 19.9. The number of ether oxygens (including phenoxy) is 1. The van der Waals surface area contributed by atoms with Crippen molar-refractivity contribution in [2.75, 3.05) is 13.1 Å². The smallest absolute Gasteiger partial charge is 0.410 e. The van der Waals surface area contributed by atoms with Gasteiger partial charge in [0.25, 0.3) is 0 Å². The van der Waals surface area contributed by atoms with E-state index in [1.807, 2.05) is 41.5 Å². The molecule has 1 aliphatic rings. The number of nitrogens with zero attached hydrogens (tertiary/aromatic N) is 2. The summed E-state index contributed by atoms with van der Waals surface area (Å²) >= 11 is 2.14. The molecule has 1 aromatic heterocycles. The van der Waals surface area contributed by atoms with E-state index in [0.717, 1.165) is 9.26 Å². The molecular formula is C22H28FIN2O3. The maximum atomic E-state index is 15.5. The minimum atomic E-state index is -1.42. The van der Waals surface area contributed by atoms with Crippen LogP contribution in [0.3, 0.4) is 0 Å². The van der Waals surface area contributed by atoms with Crippen LogP contribution in [0.25, 0.3) is 10.9 Å². The minimum Gasteiger partial charge on any atom is -0.444 e. The van der Waals surface area contributed by atoms with E-state index in [4.69, 9.17) is 4.74 Å². The molecule has 158 valence electrons. The van der Waals surface area contributed by atoms with Gasteiger partial charge in [-0.05, 0) is 68.8 Å². The normalized spacial score (nSPS) is 22.0. The number of carbonyl (C=O) groups excluding carboxylic acids is 1. The van der Waals surface area contributed by atoms with Crippen molar-refractivity contribution in [3.05, 3.63) is 38.8 Å². The first kappa shape index (κ1) is 22.2. The fourth-order valence-corrected chi connectivity index (χ4v) is 4.34. The molecular weight excluding hydrogens is 486 g/mol. The Morgan fingerprint density at radius 1 is 1.34 bits per heavy atom. The van der Waals surface area contributed by atoms with Crippen LogP contribution in [0.1, 0.15) is 52.3 Å². The predicted molar refractivity (Wildman–Crippen MR) is 119 cm³/mol. The Bertz CT molecular complexity index is 971. The van der Waals surface area contributed by atoms with Gasteiger partial charge in [-0.15, -0.1) is 0 Å². The number of rotatable bonds is 1. The van der Waals surface area contributed by atoms with E-state index in [9.17, 15) is 9.90 Å². The van der Waals surface area contributed by atoms with Gasteiger partial charge in [-0.1, -0.05) is 19.9 Å². The van der Waals surface area contributed by atoms with Crippen LogP contribution in [0, 0.1) is 21.7 Å². The molecule has 0 bridgehead atoms. The molecule has 0 aliphatic carbocycles. The van der Waals surface area contributed by atoms with E-state index < -0.39 is 28.5 Å². The molecule has 1 unspecified atom stereocenters. The van der Waals surface area contributed by atoms with Crippen molar-refractivity contribution in [3.63, 3.8) is 0 Å². The predicted octanol–water partition coefficient (Wildman–Crippen LogP) is 5.14. The summed E-state index contributed by atoms with van der Waals surface area (Å²) in [6.07, 6.45) is -0.196. The summed E-state index contributed by atoms with van der Waals surface area (Å²) in [6.45, 7) is 11.6. The Morgan fingerprint density at radius 2 is 2.00 bits per heavy atom. The lowest BCUT2D eigenvalue weighted by atomic mass is 9.66. The molecule has 1 atom stereocenters. The van der Waals surface area contributed by atoms with E-state index in [2.05, 4.69) is 27.6 Å². The van der Waals surface area contributed by atoms with Gasteiger partial charge in [-0.3, -0.25) is 4.98 Å². The number of piperidine rings is 1. The van der Waals surface area contributed by atoms with E-state index in [1.54, 1.807) is 23.1 Å². The lowest BCUT2D eigenvalue weighted by Crippen LogP contribution is -2.57. The summed E-state index contributed by atoms with van der Waals surface area (Å²) < 4.78 is 21.9. The molecule has 2 heterocycles. The Morgan fingerprint density at radius 3 is 2.59 bits per heavy atom. The number of pyridine rings is 1. The Hall–Kier alpha value is -1.48. The van der Waals surface area contributed by atoms with E-state index in [1.165, 1.54) is 0 Å². The first-order valence-corrected chi connectivity index (χ1v) is 10.8. The highest BCUT2D eigenvalue weighted by Gasteiger charge is 2.51. The van der Waals surface area contributed by atoms with Gasteiger partial charge in [0.1, 0.15) is 17.0 Å². The number of benzene rings is 1. The first-order valence-electron chi connectivity index (χ1n) is 9.71. The second-order valence-electron chi connectivity index (χ2n) is 9.45. The zero-order chi connectivity index (χ0) is 21.8. The summed E-state index contributed by atoms with van der Waals surface area (Å²) in [7, 11) is 0. The van der Waals surface area contributed by atoms with Crippen molar-refractivity contribution in [2.24, 2.45) is 5.41 Å². The number of carbonyl (C=O) groups is 1. The van der Waals surface area contributed by atoms with Gasteiger partial charge in [-0.2, -0.15) is 0 Å². The van der Waals surface area contributed by atoms with E-state index >= 15 is 4.39 Å². The van der Waals surface area contributed by atoms with Crippen LogP contribution >= 0.6 is 22.6 Å². The van der Waals surface area contributed by atoms with Crippen LogP contribution < -0.4 is 0 Å². The zero-order valence-electron chi connectivity index (χ0n) is 17.8. The minimum absolute atomic E-state index is 0.220. The van der Waals surface area contributed by atoms with Gasteiger partial charge in [0, 0.05) is 33.0 Å². The molecule has 0 saturated carbocycles. The summed E-state index contributed by atoms with van der Waals surface area (Å²) in [5.41, 5.74) is -1.13. The first-order chi connectivity index (χ1) is 13.2. The molecule has 2 aromatic rings. The summed E-state index contributed by atoms with van der Waals surface area (Å²) in [5, 5.41) is 12.0. The van der Waals surface area contributed by atoms with Gasteiger partial charge in [0.15, 0.2) is 0 Å². The Labute approximate surface area is 184 Å². The van der Waals surface area contributed by atoms with Gasteiger partial charge < -0.3 is 14.7 Å². The molecule has 1 fully saturated rings. The van der Waals surface area contributed by atoms with Crippen molar-refractivity contribution < 1.29 is 19.0 Å². The molecule has 0 radical (unpaired) electrons.